The molecule has 4 rings (SSSR count). The number of para-hydroxylation sites is 2. The summed E-state index contributed by atoms with van der Waals surface area (Å²) >= 11 is 0. The number of aryl methyl sites for hydroxylation is 5. The van der Waals surface area contributed by atoms with Crippen LogP contribution in [0.2, 0.25) is 0 Å². The first-order valence-corrected chi connectivity index (χ1v) is 10.2. The number of carbonyl (C=O) groups is 1. The number of nitrogens with zero attached hydrogens (tertiary/aromatic N) is 5. The molecule has 0 spiro atoms. The highest BCUT2D eigenvalue weighted by molar-refractivity contribution is 5.93. The smallest absolute Gasteiger partial charge is 0.273 e. The van der Waals surface area contributed by atoms with Crippen molar-refractivity contribution in [2.45, 2.75) is 40.7 Å². The van der Waals surface area contributed by atoms with Crippen LogP contribution in [0, 0.1) is 27.7 Å². The first-order chi connectivity index (χ1) is 14.4. The SMILES string of the molecule is Cc1ccc(-n2nc(C)c(C(=O)NCCCn3c(C)nc4ccccc43)n2)c(C)c1. The number of imidazole rings is 1. The van der Waals surface area contributed by atoms with E-state index in [4.69, 9.17) is 0 Å². The molecular weight excluding hydrogens is 376 g/mol. The Morgan fingerprint density at radius 3 is 2.63 bits per heavy atom. The van der Waals surface area contributed by atoms with Gasteiger partial charge in [0.25, 0.3) is 5.91 Å². The van der Waals surface area contributed by atoms with E-state index in [1.165, 1.54) is 5.56 Å². The van der Waals surface area contributed by atoms with E-state index in [-0.39, 0.29) is 5.91 Å². The molecule has 0 unspecified atom stereocenters. The molecule has 0 aliphatic carbocycles. The molecule has 0 bridgehead atoms. The maximum Gasteiger partial charge on any atom is 0.273 e. The van der Waals surface area contributed by atoms with Gasteiger partial charge in [0.1, 0.15) is 5.82 Å². The van der Waals surface area contributed by atoms with E-state index in [0.717, 1.165) is 41.1 Å². The first-order valence-electron chi connectivity index (χ1n) is 10.2. The van der Waals surface area contributed by atoms with Crippen LogP contribution >= 0.6 is 0 Å². The van der Waals surface area contributed by atoms with Crippen LogP contribution in [-0.2, 0) is 6.54 Å². The zero-order valence-electron chi connectivity index (χ0n) is 17.8. The summed E-state index contributed by atoms with van der Waals surface area (Å²) in [6.45, 7) is 9.23. The van der Waals surface area contributed by atoms with E-state index in [1.807, 2.05) is 58.0 Å². The summed E-state index contributed by atoms with van der Waals surface area (Å²) in [5.41, 5.74) is 6.22. The van der Waals surface area contributed by atoms with Crippen LogP contribution in [0.4, 0.5) is 0 Å². The number of nitrogens with one attached hydrogen (secondary N) is 1. The van der Waals surface area contributed by atoms with Crippen LogP contribution in [0.25, 0.3) is 16.7 Å². The predicted octanol–water partition coefficient (Wildman–Crippen LogP) is 3.67. The Bertz CT molecular complexity index is 1220. The van der Waals surface area contributed by atoms with Crippen molar-refractivity contribution in [3.63, 3.8) is 0 Å². The Morgan fingerprint density at radius 2 is 1.83 bits per heavy atom. The van der Waals surface area contributed by atoms with Gasteiger partial charge in [-0.05, 0) is 57.9 Å². The maximum atomic E-state index is 12.6. The molecular formula is C23H26N6O. The molecule has 0 saturated carbocycles. The van der Waals surface area contributed by atoms with Gasteiger partial charge in [-0.25, -0.2) is 4.98 Å². The highest BCUT2D eigenvalue weighted by atomic mass is 16.2. The summed E-state index contributed by atoms with van der Waals surface area (Å²) in [4.78, 5) is 18.8. The molecule has 2 aromatic heterocycles. The van der Waals surface area contributed by atoms with Gasteiger partial charge in [-0.1, -0.05) is 29.8 Å². The number of fused-ring (bicyclic) bond motifs is 1. The zero-order chi connectivity index (χ0) is 21.3. The third kappa shape index (κ3) is 3.83. The van der Waals surface area contributed by atoms with Crippen LogP contribution < -0.4 is 5.32 Å². The molecule has 0 fully saturated rings. The highest BCUT2D eigenvalue weighted by Gasteiger charge is 2.17. The minimum Gasteiger partial charge on any atom is -0.351 e. The molecule has 1 amide bonds. The lowest BCUT2D eigenvalue weighted by Gasteiger charge is -2.08. The minimum atomic E-state index is -0.198. The lowest BCUT2D eigenvalue weighted by molar-refractivity contribution is 0.0946. The highest BCUT2D eigenvalue weighted by Crippen LogP contribution is 2.16. The van der Waals surface area contributed by atoms with Crippen LogP contribution in [-0.4, -0.2) is 37.0 Å². The predicted molar refractivity (Wildman–Crippen MR) is 117 cm³/mol. The normalized spacial score (nSPS) is 11.2. The van der Waals surface area contributed by atoms with Gasteiger partial charge in [0.05, 0.1) is 22.4 Å². The van der Waals surface area contributed by atoms with Gasteiger partial charge in [0.2, 0.25) is 0 Å². The first kappa shape index (κ1) is 19.8. The Labute approximate surface area is 175 Å². The van der Waals surface area contributed by atoms with Crippen LogP contribution in [0.15, 0.2) is 42.5 Å². The second kappa shape index (κ2) is 8.10. The van der Waals surface area contributed by atoms with Gasteiger partial charge in [-0.15, -0.1) is 5.10 Å². The van der Waals surface area contributed by atoms with Gasteiger partial charge in [-0.2, -0.15) is 9.90 Å². The van der Waals surface area contributed by atoms with E-state index >= 15 is 0 Å². The number of amides is 1. The summed E-state index contributed by atoms with van der Waals surface area (Å²) in [7, 11) is 0. The van der Waals surface area contributed by atoms with Gasteiger partial charge in [0.15, 0.2) is 5.69 Å². The number of rotatable bonds is 6. The topological polar surface area (TPSA) is 77.6 Å². The average molecular weight is 403 g/mol. The van der Waals surface area contributed by atoms with Crippen molar-refractivity contribution in [2.75, 3.05) is 6.54 Å². The summed E-state index contributed by atoms with van der Waals surface area (Å²) in [5, 5.41) is 11.8. The summed E-state index contributed by atoms with van der Waals surface area (Å²) in [6, 6.07) is 14.2. The number of carbonyl (C=O) groups excluding carboxylic acids is 1. The van der Waals surface area contributed by atoms with Crippen LogP contribution in [0.1, 0.15) is 39.6 Å². The average Bonchev–Trinajstić information content (AvgIpc) is 3.24. The largest absolute Gasteiger partial charge is 0.351 e. The molecule has 0 saturated heterocycles. The molecule has 0 radical (unpaired) electrons. The van der Waals surface area contributed by atoms with E-state index in [9.17, 15) is 4.79 Å². The fraction of sp³-hybridized carbons (Fsp3) is 0.304. The maximum absolute atomic E-state index is 12.6. The number of hydrogen-bond acceptors (Lipinski definition) is 4. The third-order valence-electron chi connectivity index (χ3n) is 5.25. The molecule has 7 heteroatoms. The molecule has 1 N–H and O–H groups in total. The van der Waals surface area contributed by atoms with Gasteiger partial charge in [-0.3, -0.25) is 4.79 Å². The van der Waals surface area contributed by atoms with Crippen molar-refractivity contribution < 1.29 is 4.79 Å². The Hall–Kier alpha value is -3.48. The van der Waals surface area contributed by atoms with Crippen molar-refractivity contribution in [2.24, 2.45) is 0 Å². The van der Waals surface area contributed by atoms with Gasteiger partial charge in [0, 0.05) is 13.1 Å². The third-order valence-corrected chi connectivity index (χ3v) is 5.25. The lowest BCUT2D eigenvalue weighted by Crippen LogP contribution is -2.26. The fourth-order valence-electron chi connectivity index (χ4n) is 3.73. The van der Waals surface area contributed by atoms with E-state index in [0.29, 0.717) is 17.9 Å². The van der Waals surface area contributed by atoms with E-state index in [1.54, 1.807) is 4.80 Å². The molecule has 0 aliphatic heterocycles. The lowest BCUT2D eigenvalue weighted by atomic mass is 10.1. The summed E-state index contributed by atoms with van der Waals surface area (Å²) < 4.78 is 2.18. The molecule has 154 valence electrons. The fourth-order valence-corrected chi connectivity index (χ4v) is 3.73. The second-order valence-electron chi connectivity index (χ2n) is 7.62. The minimum absolute atomic E-state index is 0.198. The van der Waals surface area contributed by atoms with Crippen molar-refractivity contribution in [1.29, 1.82) is 0 Å². The molecule has 0 aliphatic rings. The number of aromatic nitrogens is 5. The number of hydrogen-bond donors (Lipinski definition) is 1. The van der Waals surface area contributed by atoms with Crippen molar-refractivity contribution in [3.8, 4) is 5.69 Å². The second-order valence-corrected chi connectivity index (χ2v) is 7.62. The molecule has 0 atom stereocenters. The monoisotopic (exact) mass is 402 g/mol. The molecule has 2 aromatic carbocycles. The van der Waals surface area contributed by atoms with E-state index < -0.39 is 0 Å². The Balaban J connectivity index is 1.40. The molecule has 4 aromatic rings. The van der Waals surface area contributed by atoms with Gasteiger partial charge >= 0.3 is 0 Å². The molecule has 2 heterocycles. The number of benzene rings is 2. The van der Waals surface area contributed by atoms with Crippen molar-refractivity contribution in [3.05, 3.63) is 70.8 Å². The van der Waals surface area contributed by atoms with Crippen LogP contribution in [0.3, 0.4) is 0 Å². The van der Waals surface area contributed by atoms with Crippen molar-refractivity contribution in [1.82, 2.24) is 29.9 Å². The van der Waals surface area contributed by atoms with Crippen molar-refractivity contribution >= 4 is 16.9 Å². The Morgan fingerprint density at radius 1 is 1.03 bits per heavy atom. The van der Waals surface area contributed by atoms with Gasteiger partial charge < -0.3 is 9.88 Å². The van der Waals surface area contributed by atoms with Crippen LogP contribution in [0.5, 0.6) is 0 Å². The van der Waals surface area contributed by atoms with E-state index in [2.05, 4.69) is 37.2 Å². The zero-order valence-corrected chi connectivity index (χ0v) is 17.8. The summed E-state index contributed by atoms with van der Waals surface area (Å²) in [6.07, 6.45) is 0.803. The standard InChI is InChI=1S/C23H26N6O/c1-15-10-11-20(16(2)14-15)29-26-17(3)22(27-29)23(30)24-12-7-13-28-18(4)25-19-8-5-6-9-21(19)28/h5-6,8-11,14H,7,12-13H2,1-4H3,(H,24,30). The molecule has 30 heavy (non-hydrogen) atoms. The molecule has 7 nitrogen and oxygen atoms in total. The quantitative estimate of drug-likeness (QED) is 0.499. The summed E-state index contributed by atoms with van der Waals surface area (Å²) in [5.74, 6) is 0.783. The Kier molecular flexibility index (Phi) is 5.35.